The van der Waals surface area contributed by atoms with E-state index in [9.17, 15) is 18.0 Å². The van der Waals surface area contributed by atoms with Crippen LogP contribution in [0, 0.1) is 0 Å². The van der Waals surface area contributed by atoms with Crippen LogP contribution in [-0.2, 0) is 14.6 Å². The highest BCUT2D eigenvalue weighted by Crippen LogP contribution is 2.13. The molecule has 1 aromatic carbocycles. The fourth-order valence-electron chi connectivity index (χ4n) is 1.60. The molecule has 0 aliphatic carbocycles. The van der Waals surface area contributed by atoms with E-state index in [1.54, 1.807) is 13.8 Å². The fraction of sp³-hybridized carbons (Fsp3) is 0.467. The van der Waals surface area contributed by atoms with E-state index < -0.39 is 27.0 Å². The Kier molecular flexibility index (Phi) is 7.88. The molecule has 0 radical (unpaired) electrons. The molecular weight excluding hydrogens is 354 g/mol. The molecule has 0 saturated carbocycles. The van der Waals surface area contributed by atoms with Gasteiger partial charge in [0.2, 0.25) is 5.91 Å². The summed E-state index contributed by atoms with van der Waals surface area (Å²) in [4.78, 5) is 24.7. The second-order valence-electron chi connectivity index (χ2n) is 6.24. The largest absolute Gasteiger partial charge is 0.350 e. The van der Waals surface area contributed by atoms with Crippen molar-refractivity contribution in [2.75, 3.05) is 26.4 Å². The van der Waals surface area contributed by atoms with Gasteiger partial charge in [-0.1, -0.05) is 0 Å². The lowest BCUT2D eigenvalue weighted by Gasteiger charge is -2.18. The Labute approximate surface area is 148 Å². The Morgan fingerprint density at radius 3 is 2.08 bits per heavy atom. The molecule has 0 spiro atoms. The van der Waals surface area contributed by atoms with Gasteiger partial charge in [0.05, 0.1) is 4.90 Å². The van der Waals surface area contributed by atoms with Gasteiger partial charge in [0.25, 0.3) is 5.91 Å². The minimum absolute atomic E-state index is 0. The van der Waals surface area contributed by atoms with Crippen molar-refractivity contribution in [3.05, 3.63) is 29.8 Å². The van der Waals surface area contributed by atoms with Crippen LogP contribution in [-0.4, -0.2) is 57.1 Å². The van der Waals surface area contributed by atoms with Crippen molar-refractivity contribution in [2.45, 2.75) is 24.3 Å². The first-order valence-corrected chi connectivity index (χ1v) is 8.68. The van der Waals surface area contributed by atoms with Gasteiger partial charge in [-0.2, -0.15) is 0 Å². The zero-order valence-corrected chi connectivity index (χ0v) is 15.8. The maximum atomic E-state index is 12.1. The van der Waals surface area contributed by atoms with Crippen LogP contribution in [0.5, 0.6) is 0 Å². The first kappa shape index (κ1) is 22.4. The monoisotopic (exact) mass is 377 g/mol. The smallest absolute Gasteiger partial charge is 0.251 e. The van der Waals surface area contributed by atoms with Gasteiger partial charge >= 0.3 is 0 Å². The van der Waals surface area contributed by atoms with E-state index in [0.717, 1.165) is 0 Å². The Morgan fingerprint density at radius 2 is 1.67 bits per heavy atom. The molecule has 7 nitrogen and oxygen atoms in total. The second kappa shape index (κ2) is 8.46. The Morgan fingerprint density at radius 1 is 1.17 bits per heavy atom. The topological polar surface area (TPSA) is 110 Å². The maximum Gasteiger partial charge on any atom is 0.251 e. The molecular formula is C15H24ClN3O4S. The van der Waals surface area contributed by atoms with Gasteiger partial charge in [0, 0.05) is 31.7 Å². The van der Waals surface area contributed by atoms with E-state index in [0.29, 0.717) is 12.1 Å². The Hall–Kier alpha value is -1.64. The van der Waals surface area contributed by atoms with Crippen molar-refractivity contribution in [3.8, 4) is 0 Å². The van der Waals surface area contributed by atoms with Crippen LogP contribution in [0.15, 0.2) is 29.2 Å². The fourth-order valence-corrected chi connectivity index (χ4v) is 2.90. The standard InChI is InChI=1S/C15H23N3O4S.ClH/c1-15(2,16)10-17-14(20)11-5-7-12(8-6-11)23(21,22)9-13(19)18(3)4;/h5-8H,9-10,16H2,1-4H3,(H,17,20);1H. The Balaban J connectivity index is 0.00000529. The highest BCUT2D eigenvalue weighted by atomic mass is 35.5. The minimum Gasteiger partial charge on any atom is -0.350 e. The summed E-state index contributed by atoms with van der Waals surface area (Å²) >= 11 is 0. The minimum atomic E-state index is -3.73. The summed E-state index contributed by atoms with van der Waals surface area (Å²) in [7, 11) is -0.745. The summed E-state index contributed by atoms with van der Waals surface area (Å²) in [5, 5.41) is 2.67. The number of benzene rings is 1. The normalized spacial score (nSPS) is 11.4. The van der Waals surface area contributed by atoms with Crippen LogP contribution >= 0.6 is 12.4 Å². The third-order valence-electron chi connectivity index (χ3n) is 2.99. The molecule has 0 fully saturated rings. The molecule has 0 aliphatic rings. The van der Waals surface area contributed by atoms with Crippen molar-refractivity contribution in [1.82, 2.24) is 10.2 Å². The van der Waals surface area contributed by atoms with Gasteiger partial charge in [-0.15, -0.1) is 12.4 Å². The molecule has 0 saturated heterocycles. The first-order valence-electron chi connectivity index (χ1n) is 7.02. The molecule has 0 bridgehead atoms. The van der Waals surface area contributed by atoms with Crippen molar-refractivity contribution in [3.63, 3.8) is 0 Å². The third kappa shape index (κ3) is 6.86. The molecule has 0 unspecified atom stereocenters. The number of carbonyl (C=O) groups is 2. The highest BCUT2D eigenvalue weighted by Gasteiger charge is 2.21. The summed E-state index contributed by atoms with van der Waals surface area (Å²) in [5.74, 6) is -1.44. The van der Waals surface area contributed by atoms with Crippen LogP contribution in [0.3, 0.4) is 0 Å². The van der Waals surface area contributed by atoms with Crippen molar-refractivity contribution in [1.29, 1.82) is 0 Å². The molecule has 2 amide bonds. The van der Waals surface area contributed by atoms with Crippen molar-refractivity contribution in [2.24, 2.45) is 5.73 Å². The van der Waals surface area contributed by atoms with E-state index >= 15 is 0 Å². The van der Waals surface area contributed by atoms with Crippen molar-refractivity contribution >= 4 is 34.1 Å². The Bertz CT molecular complexity index is 680. The molecule has 0 aliphatic heterocycles. The van der Waals surface area contributed by atoms with Crippen LogP contribution < -0.4 is 11.1 Å². The number of rotatable bonds is 6. The summed E-state index contributed by atoms with van der Waals surface area (Å²) in [5.41, 5.74) is 5.57. The first-order chi connectivity index (χ1) is 10.4. The van der Waals surface area contributed by atoms with Crippen LogP contribution in [0.4, 0.5) is 0 Å². The van der Waals surface area contributed by atoms with Crippen LogP contribution in [0.2, 0.25) is 0 Å². The zero-order chi connectivity index (χ0) is 17.8. The van der Waals surface area contributed by atoms with Gasteiger partial charge < -0.3 is 16.0 Å². The predicted molar refractivity (Wildman–Crippen MR) is 95.0 cm³/mol. The number of amides is 2. The lowest BCUT2D eigenvalue weighted by molar-refractivity contribution is -0.125. The molecule has 136 valence electrons. The lowest BCUT2D eigenvalue weighted by atomic mass is 10.1. The molecule has 0 aromatic heterocycles. The number of halogens is 1. The SMILES string of the molecule is CN(C)C(=O)CS(=O)(=O)c1ccc(C(=O)NCC(C)(C)N)cc1.Cl. The molecule has 0 atom stereocenters. The number of hydrogen-bond donors (Lipinski definition) is 2. The number of sulfone groups is 1. The summed E-state index contributed by atoms with van der Waals surface area (Å²) in [6.07, 6.45) is 0. The summed E-state index contributed by atoms with van der Waals surface area (Å²) in [6.45, 7) is 3.86. The second-order valence-corrected chi connectivity index (χ2v) is 8.23. The average Bonchev–Trinajstić information content (AvgIpc) is 2.43. The molecule has 3 N–H and O–H groups in total. The van der Waals surface area contributed by atoms with Crippen LogP contribution in [0.1, 0.15) is 24.2 Å². The van der Waals surface area contributed by atoms with E-state index in [1.807, 2.05) is 0 Å². The van der Waals surface area contributed by atoms with Gasteiger partial charge in [0.15, 0.2) is 9.84 Å². The number of nitrogens with zero attached hydrogens (tertiary/aromatic N) is 1. The number of nitrogens with one attached hydrogen (secondary N) is 1. The average molecular weight is 378 g/mol. The lowest BCUT2D eigenvalue weighted by Crippen LogP contribution is -2.45. The predicted octanol–water partition coefficient (Wildman–Crippen LogP) is 0.437. The van der Waals surface area contributed by atoms with E-state index in [4.69, 9.17) is 5.73 Å². The number of carbonyl (C=O) groups excluding carboxylic acids is 2. The number of hydrogen-bond acceptors (Lipinski definition) is 5. The molecule has 24 heavy (non-hydrogen) atoms. The molecule has 1 aromatic rings. The van der Waals surface area contributed by atoms with E-state index in [1.165, 1.54) is 43.3 Å². The van der Waals surface area contributed by atoms with Crippen LogP contribution in [0.25, 0.3) is 0 Å². The molecule has 0 heterocycles. The highest BCUT2D eigenvalue weighted by molar-refractivity contribution is 7.92. The summed E-state index contributed by atoms with van der Waals surface area (Å²) < 4.78 is 24.2. The third-order valence-corrected chi connectivity index (χ3v) is 4.61. The van der Waals surface area contributed by atoms with Gasteiger partial charge in [-0.3, -0.25) is 9.59 Å². The maximum absolute atomic E-state index is 12.1. The van der Waals surface area contributed by atoms with Crippen molar-refractivity contribution < 1.29 is 18.0 Å². The summed E-state index contributed by atoms with van der Waals surface area (Å²) in [6, 6.07) is 5.46. The zero-order valence-electron chi connectivity index (χ0n) is 14.2. The van der Waals surface area contributed by atoms with Gasteiger partial charge in [-0.05, 0) is 38.1 Å². The molecule has 1 rings (SSSR count). The molecule has 9 heteroatoms. The quantitative estimate of drug-likeness (QED) is 0.747. The van der Waals surface area contributed by atoms with Gasteiger partial charge in [0.1, 0.15) is 5.75 Å². The number of nitrogens with two attached hydrogens (primary N) is 1. The van der Waals surface area contributed by atoms with E-state index in [-0.39, 0.29) is 23.2 Å². The van der Waals surface area contributed by atoms with Gasteiger partial charge in [-0.25, -0.2) is 8.42 Å². The van der Waals surface area contributed by atoms with E-state index in [2.05, 4.69) is 5.32 Å².